The molecule has 0 radical (unpaired) electrons. The molecule has 0 aliphatic carbocycles. The molecule has 6 heteroatoms. The molecule has 0 fully saturated rings. The van der Waals surface area contributed by atoms with Crippen molar-refractivity contribution in [2.24, 2.45) is 0 Å². The number of allylic oxidation sites excluding steroid dienone is 2. The Morgan fingerprint density at radius 2 is 1.89 bits per heavy atom. The number of hydrogen-bond acceptors (Lipinski definition) is 6. The van der Waals surface area contributed by atoms with Gasteiger partial charge in [-0.25, -0.2) is 4.79 Å². The molecular formula is C21H29NO5. The quantitative estimate of drug-likeness (QED) is 0.324. The molecule has 1 aliphatic rings. The van der Waals surface area contributed by atoms with Gasteiger partial charge in [0.15, 0.2) is 0 Å². The summed E-state index contributed by atoms with van der Waals surface area (Å²) < 4.78 is 21.6. The first kappa shape index (κ1) is 21.0. The van der Waals surface area contributed by atoms with Crippen molar-refractivity contribution in [3.63, 3.8) is 0 Å². The van der Waals surface area contributed by atoms with Crippen molar-refractivity contribution >= 4 is 5.97 Å². The second-order valence-electron chi connectivity index (χ2n) is 6.07. The molecule has 1 heterocycles. The second-order valence-corrected chi connectivity index (χ2v) is 6.07. The minimum Gasteiger partial charge on any atom is -0.493 e. The lowest BCUT2D eigenvalue weighted by molar-refractivity contribution is -0.139. The molecule has 148 valence electrons. The predicted molar refractivity (Wildman–Crippen MR) is 103 cm³/mol. The van der Waals surface area contributed by atoms with Crippen molar-refractivity contribution in [3.05, 3.63) is 53.9 Å². The fourth-order valence-corrected chi connectivity index (χ4v) is 2.36. The van der Waals surface area contributed by atoms with Crippen molar-refractivity contribution < 1.29 is 23.7 Å². The Balaban J connectivity index is 1.53. The summed E-state index contributed by atoms with van der Waals surface area (Å²) >= 11 is 0. The molecular weight excluding hydrogens is 346 g/mol. The van der Waals surface area contributed by atoms with Gasteiger partial charge < -0.3 is 24.3 Å². The van der Waals surface area contributed by atoms with Crippen molar-refractivity contribution in [2.45, 2.75) is 32.6 Å². The summed E-state index contributed by atoms with van der Waals surface area (Å²) in [5.41, 5.74) is 1.68. The molecule has 0 aromatic heterocycles. The van der Waals surface area contributed by atoms with Gasteiger partial charge >= 0.3 is 5.97 Å². The van der Waals surface area contributed by atoms with E-state index < -0.39 is 0 Å². The molecule has 0 saturated carbocycles. The smallest absolute Gasteiger partial charge is 0.354 e. The van der Waals surface area contributed by atoms with Gasteiger partial charge in [0.25, 0.3) is 0 Å². The Morgan fingerprint density at radius 1 is 1.07 bits per heavy atom. The molecule has 27 heavy (non-hydrogen) atoms. The van der Waals surface area contributed by atoms with Gasteiger partial charge in [-0.1, -0.05) is 25.1 Å². The van der Waals surface area contributed by atoms with Gasteiger partial charge in [0, 0.05) is 13.0 Å². The molecule has 2 rings (SSSR count). The molecule has 0 amide bonds. The van der Waals surface area contributed by atoms with Crippen LogP contribution in [0.5, 0.6) is 5.75 Å². The van der Waals surface area contributed by atoms with Gasteiger partial charge in [-0.05, 0) is 49.2 Å². The Bertz CT molecular complexity index is 610. The SMILES string of the molecule is CCCOCOCCc1ccc(OCCCOC(=O)C2=CCC=CN2)cc1. The molecule has 0 saturated heterocycles. The number of ether oxygens (including phenoxy) is 4. The van der Waals surface area contributed by atoms with E-state index in [1.54, 1.807) is 6.20 Å². The first-order valence-electron chi connectivity index (χ1n) is 9.45. The third-order valence-corrected chi connectivity index (χ3v) is 3.80. The van der Waals surface area contributed by atoms with Gasteiger partial charge in [0.2, 0.25) is 0 Å². The predicted octanol–water partition coefficient (Wildman–Crippen LogP) is 3.33. The summed E-state index contributed by atoms with van der Waals surface area (Å²) in [5.74, 6) is 0.477. The average molecular weight is 375 g/mol. The van der Waals surface area contributed by atoms with Crippen LogP contribution >= 0.6 is 0 Å². The summed E-state index contributed by atoms with van der Waals surface area (Å²) in [6.45, 7) is 4.62. The fraction of sp³-hybridized carbons (Fsp3) is 0.476. The number of esters is 1. The average Bonchev–Trinajstić information content (AvgIpc) is 2.72. The van der Waals surface area contributed by atoms with Crippen molar-refractivity contribution in [1.82, 2.24) is 5.32 Å². The number of nitrogens with one attached hydrogen (secondary N) is 1. The Morgan fingerprint density at radius 3 is 2.63 bits per heavy atom. The lowest BCUT2D eigenvalue weighted by atomic mass is 10.1. The molecule has 1 aromatic rings. The minimum absolute atomic E-state index is 0.328. The van der Waals surface area contributed by atoms with Crippen LogP contribution in [-0.2, 0) is 25.4 Å². The normalized spacial score (nSPS) is 13.0. The first-order chi connectivity index (χ1) is 13.3. The van der Waals surface area contributed by atoms with Crippen LogP contribution in [0.2, 0.25) is 0 Å². The van der Waals surface area contributed by atoms with Gasteiger partial charge in [-0.2, -0.15) is 0 Å². The molecule has 1 N–H and O–H groups in total. The zero-order valence-corrected chi connectivity index (χ0v) is 15.9. The second kappa shape index (κ2) is 12.9. The third-order valence-electron chi connectivity index (χ3n) is 3.80. The van der Waals surface area contributed by atoms with E-state index in [0.717, 1.165) is 31.6 Å². The van der Waals surface area contributed by atoms with Crippen LogP contribution in [0.3, 0.4) is 0 Å². The topological polar surface area (TPSA) is 66.0 Å². The highest BCUT2D eigenvalue weighted by Gasteiger charge is 2.10. The summed E-state index contributed by atoms with van der Waals surface area (Å²) in [5, 5.41) is 2.88. The highest BCUT2D eigenvalue weighted by atomic mass is 16.7. The molecule has 0 bridgehead atoms. The van der Waals surface area contributed by atoms with Gasteiger partial charge in [0.1, 0.15) is 18.2 Å². The monoisotopic (exact) mass is 375 g/mol. The van der Waals surface area contributed by atoms with Gasteiger partial charge in [-0.3, -0.25) is 0 Å². The Hall–Kier alpha value is -2.31. The van der Waals surface area contributed by atoms with Crippen molar-refractivity contribution in [1.29, 1.82) is 0 Å². The number of rotatable bonds is 13. The van der Waals surface area contributed by atoms with Crippen molar-refractivity contribution in [3.8, 4) is 5.75 Å². The molecule has 0 spiro atoms. The lowest BCUT2D eigenvalue weighted by Crippen LogP contribution is -2.20. The van der Waals surface area contributed by atoms with Crippen LogP contribution in [0.15, 0.2) is 48.3 Å². The molecule has 6 nitrogen and oxygen atoms in total. The molecule has 0 atom stereocenters. The number of benzene rings is 1. The number of hydrogen-bond donors (Lipinski definition) is 1. The largest absolute Gasteiger partial charge is 0.493 e. The van der Waals surface area contributed by atoms with Crippen LogP contribution in [0.25, 0.3) is 0 Å². The number of carbonyl (C=O) groups is 1. The standard InChI is InChI=1S/C21H29NO5/c1-2-13-24-17-25-16-11-18-7-9-19(10-8-18)26-14-5-15-27-21(23)20-6-3-4-12-22-20/h4,6-10,12,22H,2-3,5,11,13-17H2,1H3. The molecule has 0 unspecified atom stereocenters. The van der Waals surface area contributed by atoms with E-state index in [1.807, 2.05) is 36.4 Å². The fourth-order valence-electron chi connectivity index (χ4n) is 2.36. The van der Waals surface area contributed by atoms with Crippen LogP contribution < -0.4 is 10.1 Å². The van der Waals surface area contributed by atoms with E-state index in [1.165, 1.54) is 5.56 Å². The molecule has 1 aliphatic heterocycles. The highest BCUT2D eigenvalue weighted by molar-refractivity contribution is 5.88. The zero-order valence-electron chi connectivity index (χ0n) is 15.9. The maximum atomic E-state index is 11.8. The van der Waals surface area contributed by atoms with E-state index in [9.17, 15) is 4.79 Å². The minimum atomic E-state index is -0.328. The van der Waals surface area contributed by atoms with Crippen molar-refractivity contribution in [2.75, 3.05) is 33.2 Å². The van der Waals surface area contributed by atoms with Crippen LogP contribution in [0.4, 0.5) is 0 Å². The first-order valence-corrected chi connectivity index (χ1v) is 9.45. The maximum Gasteiger partial charge on any atom is 0.354 e. The highest BCUT2D eigenvalue weighted by Crippen LogP contribution is 2.13. The summed E-state index contributed by atoms with van der Waals surface area (Å²) in [4.78, 5) is 11.8. The van der Waals surface area contributed by atoms with E-state index >= 15 is 0 Å². The summed E-state index contributed by atoms with van der Waals surface area (Å²) in [7, 11) is 0. The lowest BCUT2D eigenvalue weighted by Gasteiger charge is -2.11. The number of carbonyl (C=O) groups excluding carboxylic acids is 1. The van der Waals surface area contributed by atoms with E-state index in [-0.39, 0.29) is 5.97 Å². The molecule has 1 aromatic carbocycles. The third kappa shape index (κ3) is 8.75. The van der Waals surface area contributed by atoms with Crippen LogP contribution in [0.1, 0.15) is 31.7 Å². The van der Waals surface area contributed by atoms with E-state index in [0.29, 0.717) is 38.7 Å². The zero-order chi connectivity index (χ0) is 19.2. The maximum absolute atomic E-state index is 11.8. The summed E-state index contributed by atoms with van der Waals surface area (Å²) in [6.07, 6.45) is 8.72. The van der Waals surface area contributed by atoms with E-state index in [2.05, 4.69) is 12.2 Å². The summed E-state index contributed by atoms with van der Waals surface area (Å²) in [6, 6.07) is 7.94. The number of dihydropyridines is 1. The Labute approximate surface area is 161 Å². The van der Waals surface area contributed by atoms with Gasteiger partial charge in [0.05, 0.1) is 19.8 Å². The van der Waals surface area contributed by atoms with Gasteiger partial charge in [-0.15, -0.1) is 0 Å². The Kier molecular flexibility index (Phi) is 10.1. The van der Waals surface area contributed by atoms with Crippen LogP contribution in [-0.4, -0.2) is 39.2 Å². The van der Waals surface area contributed by atoms with E-state index in [4.69, 9.17) is 18.9 Å². The van der Waals surface area contributed by atoms with Crippen LogP contribution in [0, 0.1) is 0 Å².